The lowest BCUT2D eigenvalue weighted by Crippen LogP contribution is -2.04. The molecule has 2 aromatic rings. The summed E-state index contributed by atoms with van der Waals surface area (Å²) in [6.45, 7) is 4.95. The molecule has 0 aliphatic rings. The first-order chi connectivity index (χ1) is 7.24. The molecule has 0 saturated carbocycles. The van der Waals surface area contributed by atoms with Gasteiger partial charge < -0.3 is 10.6 Å². The summed E-state index contributed by atoms with van der Waals surface area (Å²) < 4.78 is 0. The van der Waals surface area contributed by atoms with Crippen LogP contribution < -0.4 is 10.6 Å². The normalized spacial score (nSPS) is 10.6. The van der Waals surface area contributed by atoms with Gasteiger partial charge in [-0.15, -0.1) is 11.3 Å². The van der Waals surface area contributed by atoms with Crippen molar-refractivity contribution in [2.75, 3.05) is 24.2 Å². The Labute approximate surface area is 92.8 Å². The van der Waals surface area contributed by atoms with E-state index in [0.717, 1.165) is 22.6 Å². The number of aromatic nitrogens is 2. The minimum atomic E-state index is 0.691. The topological polar surface area (TPSA) is 49.8 Å². The maximum atomic E-state index is 4.45. The van der Waals surface area contributed by atoms with Crippen LogP contribution >= 0.6 is 11.3 Å². The fourth-order valence-electron chi connectivity index (χ4n) is 1.47. The van der Waals surface area contributed by atoms with E-state index in [9.17, 15) is 0 Å². The van der Waals surface area contributed by atoms with Gasteiger partial charge in [-0.2, -0.15) is 4.98 Å². The predicted molar refractivity (Wildman–Crippen MR) is 65.9 cm³/mol. The number of hydrogen-bond donors (Lipinski definition) is 2. The molecule has 2 N–H and O–H groups in total. The third-order valence-electron chi connectivity index (χ3n) is 2.09. The Morgan fingerprint density at radius 3 is 2.87 bits per heavy atom. The van der Waals surface area contributed by atoms with Crippen LogP contribution in [0.25, 0.3) is 10.2 Å². The average Bonchev–Trinajstić information content (AvgIpc) is 2.57. The molecule has 0 aromatic carbocycles. The molecule has 2 rings (SSSR count). The Balaban J connectivity index is 2.59. The minimum Gasteiger partial charge on any atom is -0.372 e. The van der Waals surface area contributed by atoms with Crippen molar-refractivity contribution in [3.8, 4) is 0 Å². The number of aryl methyl sites for hydroxylation is 1. The van der Waals surface area contributed by atoms with Crippen molar-refractivity contribution in [2.24, 2.45) is 0 Å². The first-order valence-electron chi connectivity index (χ1n) is 4.94. The molecule has 0 saturated heterocycles. The maximum Gasteiger partial charge on any atom is 0.226 e. The number of anilines is 2. The standard InChI is InChI=1S/C10H14N4S/c1-4-12-10-13-8(11-3)7-5-6(2)15-9(7)14-10/h5H,4H2,1-3H3,(H2,11,12,13,14). The largest absolute Gasteiger partial charge is 0.372 e. The lowest BCUT2D eigenvalue weighted by molar-refractivity contribution is 1.11. The maximum absolute atomic E-state index is 4.45. The van der Waals surface area contributed by atoms with Crippen LogP contribution in [0.3, 0.4) is 0 Å². The molecule has 0 spiro atoms. The fraction of sp³-hybridized carbons (Fsp3) is 0.400. The first-order valence-corrected chi connectivity index (χ1v) is 5.76. The third kappa shape index (κ3) is 1.87. The highest BCUT2D eigenvalue weighted by Gasteiger charge is 2.08. The van der Waals surface area contributed by atoms with Crippen LogP contribution in [0.5, 0.6) is 0 Å². The SMILES string of the molecule is CCNc1nc(NC)c2cc(C)sc2n1. The molecule has 4 nitrogen and oxygen atoms in total. The number of thiophene rings is 1. The lowest BCUT2D eigenvalue weighted by Gasteiger charge is -2.05. The van der Waals surface area contributed by atoms with Gasteiger partial charge >= 0.3 is 0 Å². The smallest absolute Gasteiger partial charge is 0.226 e. The van der Waals surface area contributed by atoms with Gasteiger partial charge in [-0.25, -0.2) is 4.98 Å². The zero-order valence-electron chi connectivity index (χ0n) is 9.09. The monoisotopic (exact) mass is 222 g/mol. The number of nitrogens with zero attached hydrogens (tertiary/aromatic N) is 2. The lowest BCUT2D eigenvalue weighted by atomic mass is 10.3. The molecular weight excluding hydrogens is 208 g/mol. The van der Waals surface area contributed by atoms with Gasteiger partial charge in [0.05, 0.1) is 5.39 Å². The molecule has 0 bridgehead atoms. The van der Waals surface area contributed by atoms with Crippen molar-refractivity contribution in [3.05, 3.63) is 10.9 Å². The van der Waals surface area contributed by atoms with E-state index in [-0.39, 0.29) is 0 Å². The van der Waals surface area contributed by atoms with Crippen LogP contribution in [0.4, 0.5) is 11.8 Å². The van der Waals surface area contributed by atoms with Crippen molar-refractivity contribution in [2.45, 2.75) is 13.8 Å². The minimum absolute atomic E-state index is 0.691. The van der Waals surface area contributed by atoms with Crippen molar-refractivity contribution < 1.29 is 0 Å². The number of rotatable bonds is 3. The summed E-state index contributed by atoms with van der Waals surface area (Å²) >= 11 is 1.69. The van der Waals surface area contributed by atoms with Crippen molar-refractivity contribution in [1.29, 1.82) is 0 Å². The average molecular weight is 222 g/mol. The highest BCUT2D eigenvalue weighted by Crippen LogP contribution is 2.29. The van der Waals surface area contributed by atoms with Crippen LogP contribution in [0.15, 0.2) is 6.07 Å². The molecule has 2 aromatic heterocycles. The van der Waals surface area contributed by atoms with E-state index >= 15 is 0 Å². The Morgan fingerprint density at radius 1 is 1.40 bits per heavy atom. The second-order valence-electron chi connectivity index (χ2n) is 3.25. The molecule has 0 fully saturated rings. The summed E-state index contributed by atoms with van der Waals surface area (Å²) in [5.41, 5.74) is 0. The molecule has 0 unspecified atom stereocenters. The van der Waals surface area contributed by atoms with E-state index in [1.807, 2.05) is 14.0 Å². The van der Waals surface area contributed by atoms with E-state index in [1.54, 1.807) is 11.3 Å². The van der Waals surface area contributed by atoms with E-state index in [0.29, 0.717) is 5.95 Å². The Kier molecular flexibility index (Phi) is 2.73. The molecular formula is C10H14N4S. The molecule has 15 heavy (non-hydrogen) atoms. The second kappa shape index (κ2) is 4.02. The summed E-state index contributed by atoms with van der Waals surface area (Å²) in [5, 5.41) is 7.32. The highest BCUT2D eigenvalue weighted by molar-refractivity contribution is 7.18. The highest BCUT2D eigenvalue weighted by atomic mass is 32.1. The van der Waals surface area contributed by atoms with Crippen molar-refractivity contribution in [3.63, 3.8) is 0 Å². The molecule has 2 heterocycles. The van der Waals surface area contributed by atoms with Crippen molar-refractivity contribution in [1.82, 2.24) is 9.97 Å². The Morgan fingerprint density at radius 2 is 2.20 bits per heavy atom. The van der Waals surface area contributed by atoms with Gasteiger partial charge in [-0.05, 0) is 19.9 Å². The molecule has 80 valence electrons. The van der Waals surface area contributed by atoms with Crippen LogP contribution in [0, 0.1) is 6.92 Å². The molecule has 0 radical (unpaired) electrons. The molecule has 0 atom stereocenters. The molecule has 0 aliphatic heterocycles. The van der Waals surface area contributed by atoms with Crippen LogP contribution in [-0.4, -0.2) is 23.6 Å². The summed E-state index contributed by atoms with van der Waals surface area (Å²) in [6.07, 6.45) is 0. The van der Waals surface area contributed by atoms with Crippen molar-refractivity contribution >= 4 is 33.3 Å². The summed E-state index contributed by atoms with van der Waals surface area (Å²) in [4.78, 5) is 11.1. The van der Waals surface area contributed by atoms with Gasteiger partial charge in [0.2, 0.25) is 5.95 Å². The van der Waals surface area contributed by atoms with Crippen LogP contribution in [0.2, 0.25) is 0 Å². The second-order valence-corrected chi connectivity index (χ2v) is 4.49. The van der Waals surface area contributed by atoms with Gasteiger partial charge in [0, 0.05) is 18.5 Å². The first kappa shape index (κ1) is 10.2. The zero-order chi connectivity index (χ0) is 10.8. The molecule has 0 amide bonds. The molecule has 5 heteroatoms. The van der Waals surface area contributed by atoms with Crippen LogP contribution in [0.1, 0.15) is 11.8 Å². The van der Waals surface area contributed by atoms with E-state index in [2.05, 4.69) is 33.6 Å². The summed E-state index contributed by atoms with van der Waals surface area (Å²) in [7, 11) is 1.88. The van der Waals surface area contributed by atoms with E-state index in [4.69, 9.17) is 0 Å². The quantitative estimate of drug-likeness (QED) is 0.837. The van der Waals surface area contributed by atoms with Gasteiger partial charge in [0.15, 0.2) is 0 Å². The summed E-state index contributed by atoms with van der Waals surface area (Å²) in [6, 6.07) is 2.11. The number of fused-ring (bicyclic) bond motifs is 1. The number of hydrogen-bond acceptors (Lipinski definition) is 5. The number of nitrogens with one attached hydrogen (secondary N) is 2. The van der Waals surface area contributed by atoms with E-state index < -0.39 is 0 Å². The zero-order valence-corrected chi connectivity index (χ0v) is 9.90. The van der Waals surface area contributed by atoms with Crippen LogP contribution in [-0.2, 0) is 0 Å². The third-order valence-corrected chi connectivity index (χ3v) is 3.03. The van der Waals surface area contributed by atoms with E-state index in [1.165, 1.54) is 4.88 Å². The van der Waals surface area contributed by atoms with Gasteiger partial charge in [-0.3, -0.25) is 0 Å². The summed E-state index contributed by atoms with van der Waals surface area (Å²) in [5.74, 6) is 1.58. The van der Waals surface area contributed by atoms with Gasteiger partial charge in [0.25, 0.3) is 0 Å². The van der Waals surface area contributed by atoms with Gasteiger partial charge in [0.1, 0.15) is 10.6 Å². The fourth-order valence-corrected chi connectivity index (χ4v) is 2.35. The molecule has 0 aliphatic carbocycles. The predicted octanol–water partition coefficient (Wildman–Crippen LogP) is 2.47. The Bertz CT molecular complexity index is 477. The van der Waals surface area contributed by atoms with Gasteiger partial charge in [-0.1, -0.05) is 0 Å². The Hall–Kier alpha value is -1.36.